The average molecular weight is 314 g/mol. The van der Waals surface area contributed by atoms with E-state index in [1.54, 1.807) is 0 Å². The summed E-state index contributed by atoms with van der Waals surface area (Å²) in [5, 5.41) is 3.43. The normalized spacial score (nSPS) is 20.8. The number of hydrogen-bond donors (Lipinski definition) is 1. The van der Waals surface area contributed by atoms with Gasteiger partial charge in [0, 0.05) is 18.1 Å². The second-order valence-corrected chi connectivity index (χ2v) is 6.52. The van der Waals surface area contributed by atoms with Gasteiger partial charge in [0.15, 0.2) is 0 Å². The first-order valence-corrected chi connectivity index (χ1v) is 7.14. The lowest BCUT2D eigenvalue weighted by molar-refractivity contribution is 0.0875. The highest BCUT2D eigenvalue weighted by molar-refractivity contribution is 9.10. The second-order valence-electron chi connectivity index (χ2n) is 5.71. The fraction of sp³-hybridized carbons (Fsp3) is 0.692. The fourth-order valence-corrected chi connectivity index (χ4v) is 2.28. The summed E-state index contributed by atoms with van der Waals surface area (Å²) in [6.07, 6.45) is 2.24. The maximum absolute atomic E-state index is 5.46. The van der Waals surface area contributed by atoms with Crippen LogP contribution in [0.3, 0.4) is 0 Å². The van der Waals surface area contributed by atoms with E-state index >= 15 is 0 Å². The number of aromatic nitrogens is 2. The smallest absolute Gasteiger partial charge is 0.137 e. The Labute approximate surface area is 117 Å². The molecule has 2 heterocycles. The van der Waals surface area contributed by atoms with Gasteiger partial charge in [-0.1, -0.05) is 20.8 Å². The van der Waals surface area contributed by atoms with E-state index in [0.29, 0.717) is 6.04 Å². The first-order valence-electron chi connectivity index (χ1n) is 6.34. The molecule has 0 saturated carbocycles. The third-order valence-corrected chi connectivity index (χ3v) is 3.28. The summed E-state index contributed by atoms with van der Waals surface area (Å²) in [6.45, 7) is 7.97. The van der Waals surface area contributed by atoms with E-state index in [4.69, 9.17) is 4.74 Å². The third kappa shape index (κ3) is 3.65. The third-order valence-electron chi connectivity index (χ3n) is 2.88. The Balaban J connectivity index is 2.14. The molecule has 100 valence electrons. The van der Waals surface area contributed by atoms with Crippen molar-refractivity contribution in [2.45, 2.75) is 45.1 Å². The van der Waals surface area contributed by atoms with Gasteiger partial charge in [0.1, 0.15) is 16.2 Å². The quantitative estimate of drug-likeness (QED) is 0.852. The van der Waals surface area contributed by atoms with Gasteiger partial charge in [-0.05, 0) is 28.8 Å². The number of hydrogen-bond acceptors (Lipinski definition) is 4. The van der Waals surface area contributed by atoms with Crippen molar-refractivity contribution in [3.63, 3.8) is 0 Å². The molecule has 5 heteroatoms. The van der Waals surface area contributed by atoms with Crippen LogP contribution in [-0.2, 0) is 10.2 Å². The minimum atomic E-state index is -0.0523. The lowest BCUT2D eigenvalue weighted by Gasteiger charge is -2.24. The molecular formula is C13H20BrN3O. The number of ether oxygens (including phenoxy) is 1. The number of nitrogens with zero attached hydrogens (tertiary/aromatic N) is 2. The molecule has 2 rings (SSSR count). The zero-order chi connectivity index (χ0) is 13.2. The molecule has 1 fully saturated rings. The molecular weight excluding hydrogens is 294 g/mol. The minimum Gasteiger partial charge on any atom is -0.379 e. The molecule has 1 aliphatic rings. The number of halogens is 1. The summed E-state index contributed by atoms with van der Waals surface area (Å²) in [4.78, 5) is 9.02. The van der Waals surface area contributed by atoms with Crippen LogP contribution in [0.2, 0.25) is 0 Å². The number of rotatable bonds is 2. The van der Waals surface area contributed by atoms with Gasteiger partial charge in [0.2, 0.25) is 0 Å². The molecule has 0 spiro atoms. The highest BCUT2D eigenvalue weighted by atomic mass is 79.9. The number of nitrogens with one attached hydrogen (secondary N) is 1. The Kier molecular flexibility index (Phi) is 4.22. The standard InChI is InChI=1S/C13H20BrN3O/c1-13(2,3)12-16-10(14)7-11(17-12)15-9-5-4-6-18-8-9/h7,9H,4-6,8H2,1-3H3,(H,15,16,17). The fourth-order valence-electron chi connectivity index (χ4n) is 1.89. The lowest BCUT2D eigenvalue weighted by atomic mass is 9.96. The van der Waals surface area contributed by atoms with E-state index in [1.165, 1.54) is 0 Å². The van der Waals surface area contributed by atoms with Gasteiger partial charge in [0.05, 0.1) is 12.6 Å². The van der Waals surface area contributed by atoms with Crippen LogP contribution >= 0.6 is 15.9 Å². The van der Waals surface area contributed by atoms with Crippen molar-refractivity contribution in [1.82, 2.24) is 9.97 Å². The van der Waals surface area contributed by atoms with E-state index in [0.717, 1.165) is 42.3 Å². The van der Waals surface area contributed by atoms with Gasteiger partial charge in [-0.3, -0.25) is 0 Å². The van der Waals surface area contributed by atoms with Crippen LogP contribution in [0.5, 0.6) is 0 Å². The molecule has 0 bridgehead atoms. The van der Waals surface area contributed by atoms with Gasteiger partial charge in [-0.25, -0.2) is 9.97 Å². The Morgan fingerprint density at radius 3 is 2.78 bits per heavy atom. The van der Waals surface area contributed by atoms with Crippen LogP contribution in [-0.4, -0.2) is 29.2 Å². The van der Waals surface area contributed by atoms with Crippen LogP contribution in [0.15, 0.2) is 10.7 Å². The molecule has 0 aromatic carbocycles. The molecule has 1 aromatic heterocycles. The molecule has 18 heavy (non-hydrogen) atoms. The first kappa shape index (κ1) is 13.7. The van der Waals surface area contributed by atoms with Crippen molar-refractivity contribution in [3.8, 4) is 0 Å². The van der Waals surface area contributed by atoms with Crippen molar-refractivity contribution in [2.75, 3.05) is 18.5 Å². The topological polar surface area (TPSA) is 47.0 Å². The SMILES string of the molecule is CC(C)(C)c1nc(Br)cc(NC2CCCOC2)n1. The van der Waals surface area contributed by atoms with E-state index in [-0.39, 0.29) is 5.41 Å². The summed E-state index contributed by atoms with van der Waals surface area (Å²) in [5.74, 6) is 1.72. The van der Waals surface area contributed by atoms with Gasteiger partial charge in [0.25, 0.3) is 0 Å². The van der Waals surface area contributed by atoms with Gasteiger partial charge >= 0.3 is 0 Å². The summed E-state index contributed by atoms with van der Waals surface area (Å²) in [7, 11) is 0. The van der Waals surface area contributed by atoms with E-state index < -0.39 is 0 Å². The lowest BCUT2D eigenvalue weighted by Crippen LogP contribution is -2.30. The van der Waals surface area contributed by atoms with Crippen molar-refractivity contribution >= 4 is 21.7 Å². The maximum Gasteiger partial charge on any atom is 0.137 e. The zero-order valence-electron chi connectivity index (χ0n) is 11.2. The molecule has 1 aliphatic heterocycles. The van der Waals surface area contributed by atoms with Crippen LogP contribution in [0.25, 0.3) is 0 Å². The van der Waals surface area contributed by atoms with Crippen LogP contribution in [0.4, 0.5) is 5.82 Å². The monoisotopic (exact) mass is 313 g/mol. The van der Waals surface area contributed by atoms with E-state index in [9.17, 15) is 0 Å². The molecule has 1 N–H and O–H groups in total. The van der Waals surface area contributed by atoms with Crippen LogP contribution < -0.4 is 5.32 Å². The Morgan fingerprint density at radius 2 is 2.17 bits per heavy atom. The Bertz CT molecular complexity index is 411. The Morgan fingerprint density at radius 1 is 1.39 bits per heavy atom. The van der Waals surface area contributed by atoms with Gasteiger partial charge in [-0.15, -0.1) is 0 Å². The number of anilines is 1. The Hall–Kier alpha value is -0.680. The predicted octanol–water partition coefficient (Wildman–Crippen LogP) is 3.13. The summed E-state index contributed by atoms with van der Waals surface area (Å²) in [5.41, 5.74) is -0.0523. The molecule has 0 aliphatic carbocycles. The molecule has 1 aromatic rings. The molecule has 1 saturated heterocycles. The van der Waals surface area contributed by atoms with Gasteiger partial charge in [-0.2, -0.15) is 0 Å². The molecule has 1 atom stereocenters. The molecule has 4 nitrogen and oxygen atoms in total. The van der Waals surface area contributed by atoms with Crippen molar-refractivity contribution in [2.24, 2.45) is 0 Å². The van der Waals surface area contributed by atoms with Crippen LogP contribution in [0.1, 0.15) is 39.4 Å². The molecule has 0 amide bonds. The summed E-state index contributed by atoms with van der Waals surface area (Å²) >= 11 is 3.45. The zero-order valence-corrected chi connectivity index (χ0v) is 12.7. The molecule has 1 unspecified atom stereocenters. The van der Waals surface area contributed by atoms with Crippen molar-refractivity contribution < 1.29 is 4.74 Å². The van der Waals surface area contributed by atoms with E-state index in [1.807, 2.05) is 6.07 Å². The second kappa shape index (κ2) is 5.53. The minimum absolute atomic E-state index is 0.0523. The highest BCUT2D eigenvalue weighted by Gasteiger charge is 2.20. The average Bonchev–Trinajstić information content (AvgIpc) is 2.28. The van der Waals surface area contributed by atoms with E-state index in [2.05, 4.69) is 52.0 Å². The highest BCUT2D eigenvalue weighted by Crippen LogP contribution is 2.23. The van der Waals surface area contributed by atoms with Gasteiger partial charge < -0.3 is 10.1 Å². The predicted molar refractivity (Wildman–Crippen MR) is 75.9 cm³/mol. The van der Waals surface area contributed by atoms with Crippen LogP contribution in [0, 0.1) is 0 Å². The summed E-state index contributed by atoms with van der Waals surface area (Å²) in [6, 6.07) is 2.28. The van der Waals surface area contributed by atoms with Crippen molar-refractivity contribution in [3.05, 3.63) is 16.5 Å². The summed E-state index contributed by atoms with van der Waals surface area (Å²) < 4.78 is 6.29. The first-order chi connectivity index (χ1) is 8.45. The maximum atomic E-state index is 5.46. The molecule has 0 radical (unpaired) electrons. The largest absolute Gasteiger partial charge is 0.379 e. The van der Waals surface area contributed by atoms with Crippen molar-refractivity contribution in [1.29, 1.82) is 0 Å².